The third-order valence-electron chi connectivity index (χ3n) is 2.05. The van der Waals surface area contributed by atoms with Crippen molar-refractivity contribution in [1.82, 2.24) is 5.16 Å². The lowest BCUT2D eigenvalue weighted by Gasteiger charge is -2.03. The Balaban J connectivity index is 2.56. The summed E-state index contributed by atoms with van der Waals surface area (Å²) in [4.78, 5) is 10.6. The second kappa shape index (κ2) is 4.10. The summed E-state index contributed by atoms with van der Waals surface area (Å²) in [5, 5.41) is 31.2. The van der Waals surface area contributed by atoms with Gasteiger partial charge in [-0.25, -0.2) is 4.79 Å². The van der Waals surface area contributed by atoms with E-state index in [0.29, 0.717) is 4.47 Å². The van der Waals surface area contributed by atoms with Crippen molar-refractivity contribution in [2.24, 2.45) is 0 Å². The van der Waals surface area contributed by atoms with Crippen LogP contribution in [0.15, 0.2) is 27.2 Å². The first-order valence-corrected chi connectivity index (χ1v) is 5.20. The monoisotopic (exact) mass is 299 g/mol. The van der Waals surface area contributed by atoms with E-state index in [1.54, 1.807) is 0 Å². The van der Waals surface area contributed by atoms with Gasteiger partial charge in [0, 0.05) is 10.5 Å². The first-order chi connectivity index (χ1) is 7.99. The Bertz CT molecular complexity index is 592. The van der Waals surface area contributed by atoms with Crippen LogP contribution in [0.2, 0.25) is 0 Å². The maximum atomic E-state index is 10.6. The molecule has 2 rings (SSSR count). The summed E-state index contributed by atoms with van der Waals surface area (Å²) in [6.07, 6.45) is 0. The first-order valence-electron chi connectivity index (χ1n) is 4.41. The van der Waals surface area contributed by atoms with Gasteiger partial charge in [-0.05, 0) is 12.1 Å². The van der Waals surface area contributed by atoms with Crippen LogP contribution in [0.25, 0.3) is 11.3 Å². The third kappa shape index (κ3) is 2.09. The quantitative estimate of drug-likeness (QED) is 0.735. The molecule has 0 saturated carbocycles. The van der Waals surface area contributed by atoms with Gasteiger partial charge >= 0.3 is 5.97 Å². The lowest BCUT2D eigenvalue weighted by molar-refractivity contribution is 0.0652. The number of benzene rings is 1. The molecular weight excluding hydrogens is 294 g/mol. The zero-order chi connectivity index (χ0) is 12.6. The number of hydrogen-bond donors (Lipinski definition) is 3. The van der Waals surface area contributed by atoms with Gasteiger partial charge in [0.15, 0.2) is 11.5 Å². The first kappa shape index (κ1) is 11.5. The van der Waals surface area contributed by atoms with Crippen LogP contribution in [0.5, 0.6) is 11.5 Å². The highest BCUT2D eigenvalue weighted by Crippen LogP contribution is 2.38. The number of phenols is 2. The van der Waals surface area contributed by atoms with E-state index in [-0.39, 0.29) is 22.8 Å². The molecular formula is C10H6BrNO5. The number of carboxylic acids is 1. The predicted molar refractivity (Wildman–Crippen MR) is 59.9 cm³/mol. The van der Waals surface area contributed by atoms with Crippen LogP contribution in [0, 0.1) is 0 Å². The maximum Gasteiger partial charge on any atom is 0.374 e. The molecule has 7 heteroatoms. The summed E-state index contributed by atoms with van der Waals surface area (Å²) in [6, 6.07) is 3.94. The smallest absolute Gasteiger partial charge is 0.374 e. The molecule has 0 atom stereocenters. The van der Waals surface area contributed by atoms with Gasteiger partial charge in [-0.1, -0.05) is 21.1 Å². The molecule has 1 aromatic carbocycles. The van der Waals surface area contributed by atoms with Crippen molar-refractivity contribution >= 4 is 21.9 Å². The SMILES string of the molecule is O=C(O)c1cc(-c2cc(Br)cc(O)c2O)no1. The molecule has 0 spiro atoms. The van der Waals surface area contributed by atoms with Crippen LogP contribution in [0.4, 0.5) is 0 Å². The summed E-state index contributed by atoms with van der Waals surface area (Å²) in [6.45, 7) is 0. The van der Waals surface area contributed by atoms with Crippen molar-refractivity contribution < 1.29 is 24.6 Å². The van der Waals surface area contributed by atoms with Crippen molar-refractivity contribution in [3.8, 4) is 22.8 Å². The molecule has 1 aromatic heterocycles. The Hall–Kier alpha value is -2.02. The van der Waals surface area contributed by atoms with Gasteiger partial charge in [0.2, 0.25) is 5.76 Å². The van der Waals surface area contributed by atoms with Crippen molar-refractivity contribution in [2.75, 3.05) is 0 Å². The number of halogens is 1. The van der Waals surface area contributed by atoms with Gasteiger partial charge < -0.3 is 19.8 Å². The second-order valence-corrected chi connectivity index (χ2v) is 4.12. The van der Waals surface area contributed by atoms with Crippen molar-refractivity contribution in [1.29, 1.82) is 0 Å². The molecule has 0 bridgehead atoms. The normalized spacial score (nSPS) is 10.4. The molecule has 0 amide bonds. The number of nitrogens with zero attached hydrogens (tertiary/aromatic N) is 1. The second-order valence-electron chi connectivity index (χ2n) is 3.20. The van der Waals surface area contributed by atoms with E-state index in [1.165, 1.54) is 12.1 Å². The number of phenolic OH excluding ortho intramolecular Hbond substituents is 2. The molecule has 0 aliphatic rings. The zero-order valence-corrected chi connectivity index (χ0v) is 9.80. The summed E-state index contributed by atoms with van der Waals surface area (Å²) >= 11 is 3.13. The zero-order valence-electron chi connectivity index (χ0n) is 8.22. The molecule has 17 heavy (non-hydrogen) atoms. The summed E-state index contributed by atoms with van der Waals surface area (Å²) in [5.41, 5.74) is 0.296. The molecule has 6 nitrogen and oxygen atoms in total. The highest BCUT2D eigenvalue weighted by molar-refractivity contribution is 9.10. The van der Waals surface area contributed by atoms with E-state index >= 15 is 0 Å². The fourth-order valence-corrected chi connectivity index (χ4v) is 1.73. The molecule has 0 fully saturated rings. The third-order valence-corrected chi connectivity index (χ3v) is 2.51. The average Bonchev–Trinajstić information content (AvgIpc) is 2.72. The fraction of sp³-hybridized carbons (Fsp3) is 0. The average molecular weight is 300 g/mol. The number of carbonyl (C=O) groups is 1. The Kier molecular flexibility index (Phi) is 2.76. The summed E-state index contributed by atoms with van der Waals surface area (Å²) in [7, 11) is 0. The minimum atomic E-state index is -1.26. The number of rotatable bonds is 2. The predicted octanol–water partition coefficient (Wildman–Crippen LogP) is 2.21. The molecule has 0 radical (unpaired) electrons. The van der Waals surface area contributed by atoms with E-state index in [9.17, 15) is 15.0 Å². The van der Waals surface area contributed by atoms with E-state index in [1.807, 2.05) is 0 Å². The fourth-order valence-electron chi connectivity index (χ4n) is 1.28. The number of hydrogen-bond acceptors (Lipinski definition) is 5. The van der Waals surface area contributed by atoms with Gasteiger partial charge in [-0.2, -0.15) is 0 Å². The maximum absolute atomic E-state index is 10.6. The van der Waals surface area contributed by atoms with Crippen LogP contribution in [-0.2, 0) is 0 Å². The van der Waals surface area contributed by atoms with Crippen LogP contribution in [0.1, 0.15) is 10.6 Å². The van der Waals surface area contributed by atoms with Crippen LogP contribution in [-0.4, -0.2) is 26.4 Å². The van der Waals surface area contributed by atoms with Crippen LogP contribution < -0.4 is 0 Å². The molecule has 2 aromatic rings. The molecule has 0 aliphatic heterocycles. The topological polar surface area (TPSA) is 104 Å². The minimum absolute atomic E-state index is 0.122. The molecule has 0 unspecified atom stereocenters. The highest BCUT2D eigenvalue weighted by Gasteiger charge is 2.17. The molecule has 0 aliphatic carbocycles. The lowest BCUT2D eigenvalue weighted by atomic mass is 10.1. The number of aromatic nitrogens is 1. The highest BCUT2D eigenvalue weighted by atomic mass is 79.9. The molecule has 88 valence electrons. The largest absolute Gasteiger partial charge is 0.504 e. The number of carboxylic acid groups (broad SMARTS) is 1. The Morgan fingerprint density at radius 1 is 1.29 bits per heavy atom. The van der Waals surface area contributed by atoms with E-state index in [4.69, 9.17) is 5.11 Å². The number of aromatic carboxylic acids is 1. The van der Waals surface area contributed by atoms with E-state index in [0.717, 1.165) is 6.07 Å². The Morgan fingerprint density at radius 3 is 2.59 bits per heavy atom. The Morgan fingerprint density at radius 2 is 2.00 bits per heavy atom. The van der Waals surface area contributed by atoms with Gasteiger partial charge in [-0.3, -0.25) is 0 Å². The number of aromatic hydroxyl groups is 2. The van der Waals surface area contributed by atoms with Crippen LogP contribution in [0.3, 0.4) is 0 Å². The van der Waals surface area contributed by atoms with Crippen molar-refractivity contribution in [3.63, 3.8) is 0 Å². The van der Waals surface area contributed by atoms with E-state index in [2.05, 4.69) is 25.6 Å². The minimum Gasteiger partial charge on any atom is -0.504 e. The van der Waals surface area contributed by atoms with E-state index < -0.39 is 11.7 Å². The van der Waals surface area contributed by atoms with Crippen molar-refractivity contribution in [3.05, 3.63) is 28.4 Å². The van der Waals surface area contributed by atoms with Gasteiger partial charge in [-0.15, -0.1) is 0 Å². The Labute approximate surface area is 103 Å². The molecule has 3 N–H and O–H groups in total. The van der Waals surface area contributed by atoms with Gasteiger partial charge in [0.1, 0.15) is 5.69 Å². The molecule has 0 saturated heterocycles. The summed E-state index contributed by atoms with van der Waals surface area (Å²) in [5.74, 6) is -2.34. The van der Waals surface area contributed by atoms with Gasteiger partial charge in [0.25, 0.3) is 0 Å². The standard InChI is InChI=1S/C10H6BrNO5/c11-4-1-5(9(14)7(13)2-4)6-3-8(10(15)16)17-12-6/h1-3,13-14H,(H,15,16). The van der Waals surface area contributed by atoms with Crippen LogP contribution >= 0.6 is 15.9 Å². The van der Waals surface area contributed by atoms with Gasteiger partial charge in [0.05, 0.1) is 5.56 Å². The van der Waals surface area contributed by atoms with Crippen molar-refractivity contribution in [2.45, 2.75) is 0 Å². The summed E-state index contributed by atoms with van der Waals surface area (Å²) < 4.78 is 5.07. The lowest BCUT2D eigenvalue weighted by Crippen LogP contribution is -1.91. The molecule has 1 heterocycles.